The van der Waals surface area contributed by atoms with Gasteiger partial charge in [0, 0.05) is 13.1 Å². The third-order valence-electron chi connectivity index (χ3n) is 2.16. The predicted octanol–water partition coefficient (Wildman–Crippen LogP) is 1.09. The van der Waals surface area contributed by atoms with Crippen LogP contribution in [0.4, 0.5) is 4.39 Å². The molecule has 0 saturated carbocycles. The Balaban J connectivity index is 3.11. The van der Waals surface area contributed by atoms with E-state index in [1.54, 1.807) is 7.05 Å². The maximum atomic E-state index is 13.4. The number of benzene rings is 1. The van der Waals surface area contributed by atoms with Gasteiger partial charge in [-0.3, -0.25) is 0 Å². The van der Waals surface area contributed by atoms with Crippen LogP contribution < -0.4 is 14.8 Å². The lowest BCUT2D eigenvalue weighted by molar-refractivity contribution is 0.400. The van der Waals surface area contributed by atoms with Crippen LogP contribution in [0.5, 0.6) is 5.75 Å². The highest BCUT2D eigenvalue weighted by Crippen LogP contribution is 2.29. The molecule has 0 unspecified atom stereocenters. The number of halogens is 2. The van der Waals surface area contributed by atoms with Crippen molar-refractivity contribution in [2.75, 3.05) is 27.2 Å². The topological polar surface area (TPSA) is 67.4 Å². The second-order valence-electron chi connectivity index (χ2n) is 3.42. The first-order valence-corrected chi connectivity index (χ1v) is 7.37. The van der Waals surface area contributed by atoms with Crippen LogP contribution >= 0.6 is 15.9 Å². The molecular weight excluding hydrogens is 327 g/mol. The normalized spacial score (nSPS) is 11.6. The second-order valence-corrected chi connectivity index (χ2v) is 6.01. The molecule has 1 aromatic carbocycles. The van der Waals surface area contributed by atoms with E-state index in [-0.39, 0.29) is 21.7 Å². The van der Waals surface area contributed by atoms with Crippen molar-refractivity contribution in [2.24, 2.45) is 0 Å². The molecule has 0 heterocycles. The van der Waals surface area contributed by atoms with Crippen molar-refractivity contribution in [1.29, 1.82) is 0 Å². The zero-order valence-electron chi connectivity index (χ0n) is 9.96. The largest absolute Gasteiger partial charge is 0.495 e. The molecule has 0 radical (unpaired) electrons. The van der Waals surface area contributed by atoms with Gasteiger partial charge >= 0.3 is 0 Å². The Hall–Kier alpha value is -0.700. The van der Waals surface area contributed by atoms with Crippen LogP contribution in [0.25, 0.3) is 0 Å². The van der Waals surface area contributed by atoms with E-state index in [9.17, 15) is 12.8 Å². The van der Waals surface area contributed by atoms with Crippen LogP contribution in [0.15, 0.2) is 21.5 Å². The third-order valence-corrected chi connectivity index (χ3v) is 4.25. The van der Waals surface area contributed by atoms with Gasteiger partial charge in [-0.2, -0.15) is 0 Å². The highest BCUT2D eigenvalue weighted by Gasteiger charge is 2.21. The quantitative estimate of drug-likeness (QED) is 0.761. The average molecular weight is 341 g/mol. The van der Waals surface area contributed by atoms with Gasteiger partial charge in [-0.25, -0.2) is 17.5 Å². The molecule has 102 valence electrons. The van der Waals surface area contributed by atoms with Crippen molar-refractivity contribution in [3.8, 4) is 5.75 Å². The molecule has 2 N–H and O–H groups in total. The molecule has 8 heteroatoms. The van der Waals surface area contributed by atoms with Crippen molar-refractivity contribution in [3.63, 3.8) is 0 Å². The minimum absolute atomic E-state index is 0.0835. The summed E-state index contributed by atoms with van der Waals surface area (Å²) in [5.41, 5.74) is 0. The number of hydrogen-bond acceptors (Lipinski definition) is 4. The molecule has 1 rings (SSSR count). The van der Waals surface area contributed by atoms with Gasteiger partial charge in [0.2, 0.25) is 10.0 Å². The Morgan fingerprint density at radius 1 is 1.39 bits per heavy atom. The lowest BCUT2D eigenvalue weighted by atomic mass is 10.3. The number of methoxy groups -OCH3 is 1. The van der Waals surface area contributed by atoms with E-state index < -0.39 is 15.8 Å². The Morgan fingerprint density at radius 2 is 2.06 bits per heavy atom. The highest BCUT2D eigenvalue weighted by atomic mass is 79.9. The minimum atomic E-state index is -3.79. The van der Waals surface area contributed by atoms with Crippen LogP contribution in [0.1, 0.15) is 0 Å². The van der Waals surface area contributed by atoms with Gasteiger partial charge in [0.25, 0.3) is 0 Å². The summed E-state index contributed by atoms with van der Waals surface area (Å²) in [5.74, 6) is -0.579. The van der Waals surface area contributed by atoms with Crippen LogP contribution in [0.3, 0.4) is 0 Å². The molecular formula is C10H14BrFN2O3S. The monoisotopic (exact) mass is 340 g/mol. The molecule has 1 aromatic rings. The summed E-state index contributed by atoms with van der Waals surface area (Å²) >= 11 is 2.97. The van der Waals surface area contributed by atoms with E-state index >= 15 is 0 Å². The Kier molecular flexibility index (Phi) is 5.51. The Labute approximate surface area is 114 Å². The molecule has 5 nitrogen and oxygen atoms in total. The summed E-state index contributed by atoms with van der Waals surface area (Å²) in [6, 6.07) is 2.20. The first-order valence-electron chi connectivity index (χ1n) is 5.09. The number of likely N-dealkylation sites (N-methyl/N-ethyl adjacent to an activating group) is 1. The van der Waals surface area contributed by atoms with Crippen LogP contribution in [-0.4, -0.2) is 35.7 Å². The van der Waals surface area contributed by atoms with E-state index in [2.05, 4.69) is 26.0 Å². The molecule has 0 bridgehead atoms. The fourth-order valence-electron chi connectivity index (χ4n) is 1.27. The summed E-state index contributed by atoms with van der Waals surface area (Å²) in [5, 5.41) is 2.80. The third kappa shape index (κ3) is 3.64. The van der Waals surface area contributed by atoms with Crippen molar-refractivity contribution in [2.45, 2.75) is 4.90 Å². The van der Waals surface area contributed by atoms with E-state index in [4.69, 9.17) is 4.74 Å². The molecule has 0 aromatic heterocycles. The van der Waals surface area contributed by atoms with Crippen molar-refractivity contribution >= 4 is 26.0 Å². The Morgan fingerprint density at radius 3 is 2.61 bits per heavy atom. The Bertz CT molecular complexity index is 522. The zero-order chi connectivity index (χ0) is 13.8. The van der Waals surface area contributed by atoms with Crippen molar-refractivity contribution in [1.82, 2.24) is 10.0 Å². The number of sulfonamides is 1. The van der Waals surface area contributed by atoms with Crippen LogP contribution in [0.2, 0.25) is 0 Å². The fraction of sp³-hybridized carbons (Fsp3) is 0.400. The molecule has 0 atom stereocenters. The number of rotatable bonds is 6. The van der Waals surface area contributed by atoms with Crippen LogP contribution in [0, 0.1) is 5.82 Å². The summed E-state index contributed by atoms with van der Waals surface area (Å²) in [6.45, 7) is 0.681. The first kappa shape index (κ1) is 15.4. The molecule has 0 saturated heterocycles. The standard InChI is InChI=1S/C10H14BrFN2O3S/c1-13-3-4-14-18(15,16)10-6-8(12)7(11)5-9(10)17-2/h5-6,13-14H,3-4H2,1-2H3. The maximum Gasteiger partial charge on any atom is 0.244 e. The minimum Gasteiger partial charge on any atom is -0.495 e. The predicted molar refractivity (Wildman–Crippen MR) is 69.8 cm³/mol. The summed E-state index contributed by atoms with van der Waals surface area (Å²) in [6.07, 6.45) is 0. The molecule has 0 amide bonds. The van der Waals surface area contributed by atoms with Gasteiger partial charge < -0.3 is 10.1 Å². The first-order chi connectivity index (χ1) is 8.42. The highest BCUT2D eigenvalue weighted by molar-refractivity contribution is 9.10. The van der Waals surface area contributed by atoms with E-state index in [1.807, 2.05) is 0 Å². The molecule has 0 aliphatic rings. The molecule has 0 aliphatic heterocycles. The lowest BCUT2D eigenvalue weighted by Crippen LogP contribution is -2.30. The van der Waals surface area contributed by atoms with Gasteiger partial charge in [-0.1, -0.05) is 0 Å². The number of hydrogen-bond donors (Lipinski definition) is 2. The zero-order valence-corrected chi connectivity index (χ0v) is 12.4. The van der Waals surface area contributed by atoms with Gasteiger partial charge in [0.15, 0.2) is 0 Å². The van der Waals surface area contributed by atoms with Crippen LogP contribution in [-0.2, 0) is 10.0 Å². The number of ether oxygens (including phenoxy) is 1. The van der Waals surface area contributed by atoms with E-state index in [0.29, 0.717) is 6.54 Å². The second kappa shape index (κ2) is 6.46. The van der Waals surface area contributed by atoms with Crippen molar-refractivity contribution < 1.29 is 17.5 Å². The molecule has 18 heavy (non-hydrogen) atoms. The van der Waals surface area contributed by atoms with Crippen molar-refractivity contribution in [3.05, 3.63) is 22.4 Å². The molecule has 0 spiro atoms. The van der Waals surface area contributed by atoms with E-state index in [1.165, 1.54) is 13.2 Å². The number of nitrogens with one attached hydrogen (secondary N) is 2. The molecule has 0 fully saturated rings. The SMILES string of the molecule is CNCCNS(=O)(=O)c1cc(F)c(Br)cc1OC. The fourth-order valence-corrected chi connectivity index (χ4v) is 2.78. The summed E-state index contributed by atoms with van der Waals surface area (Å²) in [4.78, 5) is -0.221. The maximum absolute atomic E-state index is 13.4. The van der Waals surface area contributed by atoms with Gasteiger partial charge in [0.1, 0.15) is 16.5 Å². The smallest absolute Gasteiger partial charge is 0.244 e. The lowest BCUT2D eigenvalue weighted by Gasteiger charge is -2.11. The van der Waals surface area contributed by atoms with E-state index in [0.717, 1.165) is 6.07 Å². The van der Waals surface area contributed by atoms with Gasteiger partial charge in [-0.15, -0.1) is 0 Å². The van der Waals surface area contributed by atoms with Gasteiger partial charge in [0.05, 0.1) is 11.6 Å². The average Bonchev–Trinajstić information content (AvgIpc) is 2.32. The molecule has 0 aliphatic carbocycles. The summed E-state index contributed by atoms with van der Waals surface area (Å²) in [7, 11) is -0.762. The summed E-state index contributed by atoms with van der Waals surface area (Å²) < 4.78 is 44.7. The van der Waals surface area contributed by atoms with Gasteiger partial charge in [-0.05, 0) is 35.1 Å².